The van der Waals surface area contributed by atoms with E-state index >= 15 is 0 Å². The zero-order valence-electron chi connectivity index (χ0n) is 12.7. The number of ether oxygens (including phenoxy) is 1. The monoisotopic (exact) mass is 341 g/mol. The molecule has 0 aliphatic carbocycles. The summed E-state index contributed by atoms with van der Waals surface area (Å²) < 4.78 is 5.75. The zero-order chi connectivity index (χ0) is 17.1. The van der Waals surface area contributed by atoms with Crippen LogP contribution in [0.2, 0.25) is 0 Å². The van der Waals surface area contributed by atoms with Gasteiger partial charge < -0.3 is 16.2 Å². The van der Waals surface area contributed by atoms with Crippen molar-refractivity contribution in [1.29, 1.82) is 0 Å². The molecular formula is C17H15N3O3S. The average molecular weight is 341 g/mol. The quantitative estimate of drug-likeness (QED) is 0.428. The number of hydrogen-bond acceptors (Lipinski definition) is 7. The molecule has 0 radical (unpaired) electrons. The number of rotatable bonds is 4. The maximum Gasteiger partial charge on any atom is 0.317 e. The van der Waals surface area contributed by atoms with E-state index in [0.717, 1.165) is 21.3 Å². The Morgan fingerprint density at radius 2 is 1.58 bits per heavy atom. The Hall–Kier alpha value is -2.93. The van der Waals surface area contributed by atoms with Crippen molar-refractivity contribution in [2.75, 3.05) is 11.5 Å². The average Bonchev–Trinajstić information content (AvgIpc) is 2.88. The van der Waals surface area contributed by atoms with Gasteiger partial charge in [-0.15, -0.1) is 0 Å². The first-order valence-electron chi connectivity index (χ1n) is 7.22. The topological polar surface area (TPSA) is 108 Å². The number of thiazole rings is 1. The molecule has 0 unspecified atom stereocenters. The van der Waals surface area contributed by atoms with Crippen LogP contribution < -0.4 is 11.5 Å². The van der Waals surface area contributed by atoms with E-state index in [2.05, 4.69) is 4.98 Å². The Morgan fingerprint density at radius 3 is 2.29 bits per heavy atom. The fourth-order valence-electron chi connectivity index (χ4n) is 2.26. The lowest BCUT2D eigenvalue weighted by molar-refractivity contribution is -0.158. The van der Waals surface area contributed by atoms with Crippen LogP contribution in [0.5, 0.6) is 0 Å². The molecule has 0 aliphatic heterocycles. The minimum atomic E-state index is -0.590. The highest BCUT2D eigenvalue weighted by Crippen LogP contribution is 2.24. The second-order valence-corrected chi connectivity index (χ2v) is 6.36. The first kappa shape index (κ1) is 15.9. The Morgan fingerprint density at radius 1 is 0.958 bits per heavy atom. The number of hydrogen-bond donors (Lipinski definition) is 2. The van der Waals surface area contributed by atoms with Gasteiger partial charge in [-0.05, 0) is 35.4 Å². The van der Waals surface area contributed by atoms with E-state index in [9.17, 15) is 9.59 Å². The minimum absolute atomic E-state index is 0.0151. The Labute approximate surface area is 142 Å². The van der Waals surface area contributed by atoms with Crippen LogP contribution in [0.4, 0.5) is 10.8 Å². The molecule has 0 amide bonds. The summed E-state index contributed by atoms with van der Waals surface area (Å²) in [6.07, 6.45) is 0.0393. The van der Waals surface area contributed by atoms with Crippen LogP contribution in [0.3, 0.4) is 0 Å². The second kappa shape index (κ2) is 6.67. The molecule has 0 spiro atoms. The summed E-state index contributed by atoms with van der Waals surface area (Å²) in [5, 5.41) is 0.475. The van der Waals surface area contributed by atoms with Crippen LogP contribution in [0.25, 0.3) is 10.2 Å². The summed E-state index contributed by atoms with van der Waals surface area (Å²) in [4.78, 5) is 27.9. The Balaban J connectivity index is 1.59. The van der Waals surface area contributed by atoms with Gasteiger partial charge in [-0.25, -0.2) is 4.98 Å². The maximum absolute atomic E-state index is 11.9. The SMILES string of the molecule is Nc1ccc(CC(=O)OC(=O)Cc2ccc3nc(N)sc3c2)cc1. The number of nitrogen functional groups attached to an aromatic ring is 2. The maximum atomic E-state index is 11.9. The lowest BCUT2D eigenvalue weighted by atomic mass is 10.1. The molecule has 3 rings (SSSR count). The van der Waals surface area contributed by atoms with Gasteiger partial charge in [0.15, 0.2) is 5.13 Å². The molecule has 2 aromatic carbocycles. The molecule has 6 nitrogen and oxygen atoms in total. The fraction of sp³-hybridized carbons (Fsp3) is 0.118. The minimum Gasteiger partial charge on any atom is -0.399 e. The molecule has 0 fully saturated rings. The van der Waals surface area contributed by atoms with Crippen LogP contribution in [-0.2, 0) is 27.2 Å². The molecule has 7 heteroatoms. The summed E-state index contributed by atoms with van der Waals surface area (Å²) in [7, 11) is 0. The van der Waals surface area contributed by atoms with Crippen molar-refractivity contribution in [1.82, 2.24) is 4.98 Å². The first-order valence-corrected chi connectivity index (χ1v) is 8.04. The predicted molar refractivity (Wildman–Crippen MR) is 93.4 cm³/mol. The highest BCUT2D eigenvalue weighted by molar-refractivity contribution is 7.22. The lowest BCUT2D eigenvalue weighted by Crippen LogP contribution is -2.16. The van der Waals surface area contributed by atoms with E-state index in [-0.39, 0.29) is 12.8 Å². The molecule has 0 atom stereocenters. The number of carbonyl (C=O) groups excluding carboxylic acids is 2. The van der Waals surface area contributed by atoms with Gasteiger partial charge in [0, 0.05) is 5.69 Å². The highest BCUT2D eigenvalue weighted by atomic mass is 32.1. The molecule has 1 aromatic heterocycles. The van der Waals surface area contributed by atoms with E-state index < -0.39 is 11.9 Å². The Kier molecular flexibility index (Phi) is 4.43. The van der Waals surface area contributed by atoms with Gasteiger partial charge in [0.2, 0.25) is 0 Å². The molecule has 122 valence electrons. The van der Waals surface area contributed by atoms with Gasteiger partial charge in [-0.1, -0.05) is 29.5 Å². The van der Waals surface area contributed by atoms with Gasteiger partial charge >= 0.3 is 11.9 Å². The van der Waals surface area contributed by atoms with Gasteiger partial charge in [0.25, 0.3) is 0 Å². The smallest absolute Gasteiger partial charge is 0.317 e. The normalized spacial score (nSPS) is 10.7. The molecule has 0 saturated carbocycles. The van der Waals surface area contributed by atoms with Gasteiger partial charge in [0.1, 0.15) is 0 Å². The molecule has 4 N–H and O–H groups in total. The van der Waals surface area contributed by atoms with Crippen molar-refractivity contribution in [2.45, 2.75) is 12.8 Å². The first-order chi connectivity index (χ1) is 11.5. The summed E-state index contributed by atoms with van der Waals surface area (Å²) >= 11 is 1.35. The van der Waals surface area contributed by atoms with Gasteiger partial charge in [-0.3, -0.25) is 9.59 Å². The van der Waals surface area contributed by atoms with Crippen LogP contribution in [0.15, 0.2) is 42.5 Å². The number of fused-ring (bicyclic) bond motifs is 1. The van der Waals surface area contributed by atoms with Crippen LogP contribution in [0.1, 0.15) is 11.1 Å². The van der Waals surface area contributed by atoms with E-state index in [1.165, 1.54) is 11.3 Å². The molecular weight excluding hydrogens is 326 g/mol. The van der Waals surface area contributed by atoms with Crippen LogP contribution >= 0.6 is 11.3 Å². The van der Waals surface area contributed by atoms with E-state index in [4.69, 9.17) is 16.2 Å². The zero-order valence-corrected chi connectivity index (χ0v) is 13.5. The van der Waals surface area contributed by atoms with Crippen molar-refractivity contribution in [3.63, 3.8) is 0 Å². The summed E-state index contributed by atoms with van der Waals surface area (Å²) in [6, 6.07) is 12.2. The summed E-state index contributed by atoms with van der Waals surface area (Å²) in [6.45, 7) is 0. The van der Waals surface area contributed by atoms with E-state index in [1.807, 2.05) is 6.07 Å². The number of nitrogens with zero attached hydrogens (tertiary/aromatic N) is 1. The van der Waals surface area contributed by atoms with Crippen molar-refractivity contribution in [3.8, 4) is 0 Å². The molecule has 24 heavy (non-hydrogen) atoms. The van der Waals surface area contributed by atoms with Gasteiger partial charge in [0.05, 0.1) is 23.1 Å². The van der Waals surface area contributed by atoms with Crippen molar-refractivity contribution < 1.29 is 14.3 Å². The third-order valence-electron chi connectivity index (χ3n) is 3.37. The highest BCUT2D eigenvalue weighted by Gasteiger charge is 2.13. The molecule has 0 bridgehead atoms. The Bertz CT molecular complexity index is 903. The van der Waals surface area contributed by atoms with Crippen LogP contribution in [0, 0.1) is 0 Å². The number of carbonyl (C=O) groups is 2. The van der Waals surface area contributed by atoms with E-state index in [1.54, 1.807) is 36.4 Å². The predicted octanol–water partition coefficient (Wildman–Crippen LogP) is 2.32. The largest absolute Gasteiger partial charge is 0.399 e. The summed E-state index contributed by atoms with van der Waals surface area (Å²) in [5.74, 6) is -1.18. The fourth-order valence-corrected chi connectivity index (χ4v) is 3.06. The number of nitrogens with two attached hydrogens (primary N) is 2. The third-order valence-corrected chi connectivity index (χ3v) is 4.22. The number of anilines is 2. The van der Waals surface area contributed by atoms with Gasteiger partial charge in [-0.2, -0.15) is 0 Å². The second-order valence-electron chi connectivity index (χ2n) is 5.30. The third kappa shape index (κ3) is 3.88. The summed E-state index contributed by atoms with van der Waals surface area (Å²) in [5.41, 5.74) is 14.1. The lowest BCUT2D eigenvalue weighted by Gasteiger charge is -2.04. The van der Waals surface area contributed by atoms with Crippen molar-refractivity contribution in [2.24, 2.45) is 0 Å². The van der Waals surface area contributed by atoms with E-state index in [0.29, 0.717) is 10.8 Å². The standard InChI is InChI=1S/C17H15N3O3S/c18-12-4-1-10(2-5-12)8-15(21)23-16(22)9-11-3-6-13-14(7-11)24-17(19)20-13/h1-7H,8-9,18H2,(H2,19,20). The van der Waals surface area contributed by atoms with Crippen molar-refractivity contribution in [3.05, 3.63) is 53.6 Å². The number of aromatic nitrogens is 1. The molecule has 1 heterocycles. The molecule has 0 aliphatic rings. The molecule has 3 aromatic rings. The number of benzene rings is 2. The number of esters is 2. The van der Waals surface area contributed by atoms with Crippen molar-refractivity contribution >= 4 is 44.3 Å². The van der Waals surface area contributed by atoms with Crippen LogP contribution in [-0.4, -0.2) is 16.9 Å². The molecule has 0 saturated heterocycles.